The van der Waals surface area contributed by atoms with Crippen LogP contribution in [0.3, 0.4) is 0 Å². The SMILES string of the molecule is CCCc1cc(=O)[nH]c(Sc2ccc(CN)c(C)c2)n1. The number of rotatable bonds is 5. The molecular weight excluding hydrogens is 270 g/mol. The third kappa shape index (κ3) is 3.71. The number of aromatic nitrogens is 2. The van der Waals surface area contributed by atoms with Crippen LogP contribution < -0.4 is 11.3 Å². The van der Waals surface area contributed by atoms with Crippen LogP contribution in [0.4, 0.5) is 0 Å². The van der Waals surface area contributed by atoms with Crippen LogP contribution in [0.15, 0.2) is 39.1 Å². The molecule has 0 saturated carbocycles. The maximum Gasteiger partial charge on any atom is 0.251 e. The van der Waals surface area contributed by atoms with Crippen LogP contribution in [0, 0.1) is 6.92 Å². The number of aromatic amines is 1. The molecule has 2 aromatic rings. The smallest absolute Gasteiger partial charge is 0.251 e. The minimum atomic E-state index is -0.0961. The van der Waals surface area contributed by atoms with Crippen molar-refractivity contribution in [3.63, 3.8) is 0 Å². The number of hydrogen-bond acceptors (Lipinski definition) is 4. The first kappa shape index (κ1) is 14.8. The highest BCUT2D eigenvalue weighted by molar-refractivity contribution is 7.99. The third-order valence-corrected chi connectivity index (χ3v) is 3.90. The average Bonchev–Trinajstić information content (AvgIpc) is 2.38. The Hall–Kier alpha value is -1.59. The largest absolute Gasteiger partial charge is 0.326 e. The van der Waals surface area contributed by atoms with E-state index in [9.17, 15) is 4.79 Å². The van der Waals surface area contributed by atoms with Crippen molar-refractivity contribution in [1.29, 1.82) is 0 Å². The van der Waals surface area contributed by atoms with Crippen LogP contribution in [0.25, 0.3) is 0 Å². The van der Waals surface area contributed by atoms with Crippen molar-refractivity contribution in [3.05, 3.63) is 51.4 Å². The van der Waals surface area contributed by atoms with Gasteiger partial charge in [-0.25, -0.2) is 4.98 Å². The summed E-state index contributed by atoms with van der Waals surface area (Å²) in [7, 11) is 0. The Morgan fingerprint density at radius 3 is 2.80 bits per heavy atom. The third-order valence-electron chi connectivity index (χ3n) is 3.03. The molecule has 5 heteroatoms. The highest BCUT2D eigenvalue weighted by Gasteiger charge is 2.05. The highest BCUT2D eigenvalue weighted by Crippen LogP contribution is 2.26. The number of nitrogens with one attached hydrogen (secondary N) is 1. The van der Waals surface area contributed by atoms with Gasteiger partial charge in [-0.3, -0.25) is 4.79 Å². The zero-order valence-electron chi connectivity index (χ0n) is 11.8. The standard InChI is InChI=1S/C15H19N3OS/c1-3-4-12-8-14(19)18-15(17-12)20-13-6-5-11(9-16)10(2)7-13/h5-8H,3-4,9,16H2,1-2H3,(H,17,18,19). The maximum atomic E-state index is 11.6. The molecule has 0 saturated heterocycles. The molecule has 0 bridgehead atoms. The van der Waals surface area contributed by atoms with Gasteiger partial charge in [-0.05, 0) is 36.6 Å². The van der Waals surface area contributed by atoms with Crippen molar-refractivity contribution < 1.29 is 0 Å². The van der Waals surface area contributed by atoms with Crippen LogP contribution >= 0.6 is 11.8 Å². The number of benzene rings is 1. The normalized spacial score (nSPS) is 10.8. The zero-order valence-corrected chi connectivity index (χ0v) is 12.6. The minimum Gasteiger partial charge on any atom is -0.326 e. The van der Waals surface area contributed by atoms with Crippen molar-refractivity contribution in [3.8, 4) is 0 Å². The number of nitrogens with two attached hydrogens (primary N) is 1. The minimum absolute atomic E-state index is 0.0961. The monoisotopic (exact) mass is 289 g/mol. The van der Waals surface area contributed by atoms with Gasteiger partial charge in [0.2, 0.25) is 0 Å². The molecule has 0 aliphatic heterocycles. The van der Waals surface area contributed by atoms with Gasteiger partial charge in [-0.15, -0.1) is 0 Å². The molecule has 0 radical (unpaired) electrons. The number of hydrogen-bond donors (Lipinski definition) is 2. The second-order valence-corrected chi connectivity index (χ2v) is 5.75. The number of aryl methyl sites for hydroxylation is 2. The molecule has 0 unspecified atom stereocenters. The van der Waals surface area contributed by atoms with E-state index < -0.39 is 0 Å². The average molecular weight is 289 g/mol. The van der Waals surface area contributed by atoms with E-state index in [-0.39, 0.29) is 5.56 Å². The van der Waals surface area contributed by atoms with Crippen LogP contribution in [0.2, 0.25) is 0 Å². The predicted molar refractivity (Wildman–Crippen MR) is 82.0 cm³/mol. The van der Waals surface area contributed by atoms with Crippen molar-refractivity contribution in [1.82, 2.24) is 9.97 Å². The van der Waals surface area contributed by atoms with E-state index in [0.717, 1.165) is 34.6 Å². The summed E-state index contributed by atoms with van der Waals surface area (Å²) in [5, 5.41) is 0.640. The van der Waals surface area contributed by atoms with E-state index in [0.29, 0.717) is 11.7 Å². The van der Waals surface area contributed by atoms with Crippen molar-refractivity contribution in [2.24, 2.45) is 5.73 Å². The quantitative estimate of drug-likeness (QED) is 0.830. The van der Waals surface area contributed by atoms with Gasteiger partial charge in [0.15, 0.2) is 5.16 Å². The molecule has 1 aromatic carbocycles. The van der Waals surface area contributed by atoms with Gasteiger partial charge < -0.3 is 10.7 Å². The van der Waals surface area contributed by atoms with Gasteiger partial charge in [0, 0.05) is 23.2 Å². The van der Waals surface area contributed by atoms with Gasteiger partial charge in [0.1, 0.15) is 0 Å². The Balaban J connectivity index is 2.25. The summed E-state index contributed by atoms with van der Waals surface area (Å²) >= 11 is 1.47. The lowest BCUT2D eigenvalue weighted by Crippen LogP contribution is -2.09. The predicted octanol–water partition coefficient (Wildman–Crippen LogP) is 2.64. The molecule has 0 aliphatic rings. The molecule has 3 N–H and O–H groups in total. The van der Waals surface area contributed by atoms with Gasteiger partial charge in [0.05, 0.1) is 0 Å². The lowest BCUT2D eigenvalue weighted by atomic mass is 10.1. The van der Waals surface area contributed by atoms with Gasteiger partial charge in [0.25, 0.3) is 5.56 Å². The maximum absolute atomic E-state index is 11.6. The van der Waals surface area contributed by atoms with Gasteiger partial charge in [-0.1, -0.05) is 31.2 Å². The summed E-state index contributed by atoms with van der Waals surface area (Å²) in [6, 6.07) is 7.66. The lowest BCUT2D eigenvalue weighted by molar-refractivity contribution is 0.816. The number of nitrogens with zero attached hydrogens (tertiary/aromatic N) is 1. The first-order chi connectivity index (χ1) is 9.62. The Labute approximate surface area is 122 Å². The summed E-state index contributed by atoms with van der Waals surface area (Å²) in [6.07, 6.45) is 1.80. The Morgan fingerprint density at radius 1 is 1.35 bits per heavy atom. The fourth-order valence-corrected chi connectivity index (χ4v) is 2.90. The fourth-order valence-electron chi connectivity index (χ4n) is 1.99. The molecule has 0 fully saturated rings. The Kier molecular flexibility index (Phi) is 4.98. The van der Waals surface area contributed by atoms with E-state index in [1.54, 1.807) is 6.07 Å². The lowest BCUT2D eigenvalue weighted by Gasteiger charge is -2.07. The molecule has 0 aliphatic carbocycles. The molecule has 1 aromatic heterocycles. The molecule has 20 heavy (non-hydrogen) atoms. The van der Waals surface area contributed by atoms with Gasteiger partial charge >= 0.3 is 0 Å². The summed E-state index contributed by atoms with van der Waals surface area (Å²) < 4.78 is 0. The molecule has 4 nitrogen and oxygen atoms in total. The zero-order chi connectivity index (χ0) is 14.5. The highest BCUT2D eigenvalue weighted by atomic mass is 32.2. The first-order valence-electron chi connectivity index (χ1n) is 6.70. The molecule has 1 heterocycles. The van der Waals surface area contributed by atoms with Crippen LogP contribution in [-0.4, -0.2) is 9.97 Å². The van der Waals surface area contributed by atoms with Crippen LogP contribution in [0.1, 0.15) is 30.2 Å². The number of H-pyrrole nitrogens is 1. The van der Waals surface area contributed by atoms with Crippen molar-refractivity contribution in [2.75, 3.05) is 0 Å². The molecule has 0 amide bonds. The molecule has 0 atom stereocenters. The van der Waals surface area contributed by atoms with Gasteiger partial charge in [-0.2, -0.15) is 0 Å². The van der Waals surface area contributed by atoms with E-state index in [4.69, 9.17) is 5.73 Å². The molecular formula is C15H19N3OS. The van der Waals surface area contributed by atoms with Crippen molar-refractivity contribution in [2.45, 2.75) is 43.3 Å². The Morgan fingerprint density at radius 2 is 2.15 bits per heavy atom. The summed E-state index contributed by atoms with van der Waals surface area (Å²) in [4.78, 5) is 19.9. The summed E-state index contributed by atoms with van der Waals surface area (Å²) in [6.45, 7) is 4.65. The van der Waals surface area contributed by atoms with E-state index in [1.807, 2.05) is 19.1 Å². The second-order valence-electron chi connectivity index (χ2n) is 4.69. The van der Waals surface area contributed by atoms with Crippen molar-refractivity contribution >= 4 is 11.8 Å². The first-order valence-corrected chi connectivity index (χ1v) is 7.51. The summed E-state index contributed by atoms with van der Waals surface area (Å²) in [5.74, 6) is 0. The molecule has 0 spiro atoms. The van der Waals surface area contributed by atoms with E-state index in [2.05, 4.69) is 23.0 Å². The fraction of sp³-hybridized carbons (Fsp3) is 0.333. The molecule has 2 rings (SSSR count). The molecule has 106 valence electrons. The van der Waals surface area contributed by atoms with E-state index >= 15 is 0 Å². The second kappa shape index (κ2) is 6.72. The van der Waals surface area contributed by atoms with E-state index in [1.165, 1.54) is 11.8 Å². The summed E-state index contributed by atoms with van der Waals surface area (Å²) in [5.41, 5.74) is 8.70. The topological polar surface area (TPSA) is 71.8 Å². The van der Waals surface area contributed by atoms with Crippen LogP contribution in [0.5, 0.6) is 0 Å². The van der Waals surface area contributed by atoms with Crippen LogP contribution in [-0.2, 0) is 13.0 Å². The Bertz CT molecular complexity index is 652.